The lowest BCUT2D eigenvalue weighted by molar-refractivity contribution is 0.526. The summed E-state index contributed by atoms with van der Waals surface area (Å²) in [6.45, 7) is 4.46. The maximum atomic E-state index is 13.5. The molecule has 0 fully saturated rings. The van der Waals surface area contributed by atoms with Gasteiger partial charge in [-0.05, 0) is 19.9 Å². The Morgan fingerprint density at radius 2 is 2.06 bits per heavy atom. The van der Waals surface area contributed by atoms with E-state index in [0.717, 1.165) is 11.4 Å². The highest BCUT2D eigenvalue weighted by molar-refractivity contribution is 5.21. The van der Waals surface area contributed by atoms with E-state index >= 15 is 0 Å². The molecule has 0 saturated carbocycles. The molecule has 0 aliphatic carbocycles. The van der Waals surface area contributed by atoms with Crippen LogP contribution in [-0.2, 0) is 6.54 Å². The summed E-state index contributed by atoms with van der Waals surface area (Å²) in [5.74, 6) is -0.255. The number of benzene rings is 1. The van der Waals surface area contributed by atoms with Crippen LogP contribution in [0.4, 0.5) is 4.39 Å². The molecule has 0 saturated heterocycles. The Balaban J connectivity index is 2.20. The summed E-state index contributed by atoms with van der Waals surface area (Å²) in [6, 6.07) is 6.26. The largest absolute Gasteiger partial charge is 0.333 e. The van der Waals surface area contributed by atoms with Crippen LogP contribution in [0, 0.1) is 19.7 Å². The number of nitrogens with two attached hydrogens (primary N) is 1. The number of aryl methyl sites for hydroxylation is 1. The molecule has 17 heavy (non-hydrogen) atoms. The molecule has 1 atom stereocenters. The summed E-state index contributed by atoms with van der Waals surface area (Å²) in [6.07, 6.45) is 1.74. The molecule has 2 aromatic rings. The van der Waals surface area contributed by atoms with E-state index in [0.29, 0.717) is 12.1 Å². The summed E-state index contributed by atoms with van der Waals surface area (Å²) in [5.41, 5.74) is 8.60. The van der Waals surface area contributed by atoms with E-state index in [1.54, 1.807) is 24.5 Å². The number of hydrogen-bond donors (Lipinski definition) is 1. The highest BCUT2D eigenvalue weighted by Crippen LogP contribution is 2.17. The van der Waals surface area contributed by atoms with Crippen LogP contribution in [0.2, 0.25) is 0 Å². The average molecular weight is 233 g/mol. The van der Waals surface area contributed by atoms with Crippen LogP contribution in [0.3, 0.4) is 0 Å². The van der Waals surface area contributed by atoms with Gasteiger partial charge in [0, 0.05) is 17.8 Å². The molecule has 0 amide bonds. The topological polar surface area (TPSA) is 43.8 Å². The van der Waals surface area contributed by atoms with Crippen LogP contribution in [0.25, 0.3) is 0 Å². The summed E-state index contributed by atoms with van der Waals surface area (Å²) in [5, 5.41) is 0. The van der Waals surface area contributed by atoms with Gasteiger partial charge in [0.2, 0.25) is 0 Å². The molecule has 2 rings (SSSR count). The Morgan fingerprint density at radius 1 is 1.35 bits per heavy atom. The molecule has 0 spiro atoms. The molecule has 0 aliphatic rings. The van der Waals surface area contributed by atoms with Gasteiger partial charge in [-0.3, -0.25) is 0 Å². The van der Waals surface area contributed by atoms with Gasteiger partial charge in [0.25, 0.3) is 0 Å². The van der Waals surface area contributed by atoms with Crippen molar-refractivity contribution in [3.05, 3.63) is 53.4 Å². The van der Waals surface area contributed by atoms with Gasteiger partial charge in [0.15, 0.2) is 0 Å². The highest BCUT2D eigenvalue weighted by atomic mass is 19.1. The van der Waals surface area contributed by atoms with Gasteiger partial charge in [-0.2, -0.15) is 0 Å². The van der Waals surface area contributed by atoms with Gasteiger partial charge in [0.05, 0.1) is 18.1 Å². The van der Waals surface area contributed by atoms with Crippen LogP contribution in [0.5, 0.6) is 0 Å². The summed E-state index contributed by atoms with van der Waals surface area (Å²) < 4.78 is 15.5. The van der Waals surface area contributed by atoms with Crippen molar-refractivity contribution in [3.63, 3.8) is 0 Å². The van der Waals surface area contributed by atoms with E-state index in [9.17, 15) is 4.39 Å². The van der Waals surface area contributed by atoms with E-state index in [1.165, 1.54) is 6.07 Å². The second-order valence-corrected chi connectivity index (χ2v) is 4.20. The molecule has 0 aliphatic heterocycles. The quantitative estimate of drug-likeness (QED) is 0.884. The van der Waals surface area contributed by atoms with Gasteiger partial charge in [0.1, 0.15) is 5.82 Å². The molecule has 0 radical (unpaired) electrons. The predicted molar refractivity (Wildman–Crippen MR) is 65.0 cm³/mol. The fourth-order valence-corrected chi connectivity index (χ4v) is 1.81. The van der Waals surface area contributed by atoms with Gasteiger partial charge in [-0.25, -0.2) is 9.37 Å². The van der Waals surface area contributed by atoms with E-state index in [2.05, 4.69) is 4.98 Å². The first-order valence-corrected chi connectivity index (χ1v) is 5.58. The first-order chi connectivity index (χ1) is 8.09. The third-order valence-corrected chi connectivity index (χ3v) is 3.04. The van der Waals surface area contributed by atoms with Gasteiger partial charge in [-0.15, -0.1) is 0 Å². The Morgan fingerprint density at radius 3 is 2.65 bits per heavy atom. The summed E-state index contributed by atoms with van der Waals surface area (Å²) in [4.78, 5) is 4.20. The van der Waals surface area contributed by atoms with Crippen molar-refractivity contribution in [2.75, 3.05) is 0 Å². The smallest absolute Gasteiger partial charge is 0.128 e. The molecule has 1 heterocycles. The lowest BCUT2D eigenvalue weighted by Crippen LogP contribution is -2.19. The predicted octanol–water partition coefficient (Wildman–Crippen LogP) is 2.34. The average Bonchev–Trinajstić information content (AvgIpc) is 2.61. The SMILES string of the molecule is Cc1ncn(CC(N)c2ccccc2F)c1C. The van der Waals surface area contributed by atoms with Crippen LogP contribution in [0.1, 0.15) is 23.0 Å². The molecule has 3 nitrogen and oxygen atoms in total. The molecule has 4 heteroatoms. The molecule has 2 N–H and O–H groups in total. The van der Waals surface area contributed by atoms with Crippen molar-refractivity contribution in [2.24, 2.45) is 5.73 Å². The zero-order valence-corrected chi connectivity index (χ0v) is 10.0. The lowest BCUT2D eigenvalue weighted by atomic mass is 10.1. The van der Waals surface area contributed by atoms with Crippen molar-refractivity contribution in [3.8, 4) is 0 Å². The standard InChI is InChI=1S/C13H16FN3/c1-9-10(2)17(8-16-9)7-13(15)11-5-3-4-6-12(11)14/h3-6,8,13H,7,15H2,1-2H3. The minimum absolute atomic E-state index is 0.255. The van der Waals surface area contributed by atoms with E-state index in [4.69, 9.17) is 5.73 Å². The van der Waals surface area contributed by atoms with E-state index in [-0.39, 0.29) is 11.9 Å². The van der Waals surface area contributed by atoms with Crippen molar-refractivity contribution >= 4 is 0 Å². The van der Waals surface area contributed by atoms with Gasteiger partial charge >= 0.3 is 0 Å². The van der Waals surface area contributed by atoms with Gasteiger partial charge < -0.3 is 10.3 Å². The molecule has 90 valence electrons. The minimum Gasteiger partial charge on any atom is -0.333 e. The second-order valence-electron chi connectivity index (χ2n) is 4.20. The number of rotatable bonds is 3. The van der Waals surface area contributed by atoms with Crippen LogP contribution in [0.15, 0.2) is 30.6 Å². The monoisotopic (exact) mass is 233 g/mol. The summed E-state index contributed by atoms with van der Waals surface area (Å²) in [7, 11) is 0. The van der Waals surface area contributed by atoms with Crippen molar-refractivity contribution in [2.45, 2.75) is 26.4 Å². The van der Waals surface area contributed by atoms with Crippen molar-refractivity contribution in [1.82, 2.24) is 9.55 Å². The molecule has 1 unspecified atom stereocenters. The number of hydrogen-bond acceptors (Lipinski definition) is 2. The molecular weight excluding hydrogens is 217 g/mol. The Labute approximate surface area is 100 Å². The van der Waals surface area contributed by atoms with Crippen LogP contribution in [-0.4, -0.2) is 9.55 Å². The van der Waals surface area contributed by atoms with Crippen molar-refractivity contribution < 1.29 is 4.39 Å². The number of halogens is 1. The molecule has 1 aromatic heterocycles. The molecular formula is C13H16FN3. The molecule has 0 bridgehead atoms. The van der Waals surface area contributed by atoms with Crippen molar-refractivity contribution in [1.29, 1.82) is 0 Å². The summed E-state index contributed by atoms with van der Waals surface area (Å²) >= 11 is 0. The Kier molecular flexibility index (Phi) is 3.24. The fraction of sp³-hybridized carbons (Fsp3) is 0.308. The normalized spacial score (nSPS) is 12.7. The first-order valence-electron chi connectivity index (χ1n) is 5.58. The Hall–Kier alpha value is -1.68. The second kappa shape index (κ2) is 4.67. The van der Waals surface area contributed by atoms with E-state index in [1.807, 2.05) is 18.4 Å². The van der Waals surface area contributed by atoms with E-state index < -0.39 is 0 Å². The van der Waals surface area contributed by atoms with Crippen LogP contribution >= 0.6 is 0 Å². The maximum absolute atomic E-state index is 13.5. The minimum atomic E-state index is -0.358. The number of imidazole rings is 1. The molecule has 1 aromatic carbocycles. The van der Waals surface area contributed by atoms with Gasteiger partial charge in [-0.1, -0.05) is 18.2 Å². The fourth-order valence-electron chi connectivity index (χ4n) is 1.81. The third kappa shape index (κ3) is 2.36. The zero-order chi connectivity index (χ0) is 12.4. The zero-order valence-electron chi connectivity index (χ0n) is 10.0. The third-order valence-electron chi connectivity index (χ3n) is 3.04. The maximum Gasteiger partial charge on any atom is 0.128 e. The lowest BCUT2D eigenvalue weighted by Gasteiger charge is -2.14. The highest BCUT2D eigenvalue weighted by Gasteiger charge is 2.12. The number of nitrogens with zero attached hydrogens (tertiary/aromatic N) is 2. The van der Waals surface area contributed by atoms with Crippen LogP contribution < -0.4 is 5.73 Å². The Bertz CT molecular complexity index is 519. The first kappa shape index (κ1) is 11.8. The number of aromatic nitrogens is 2.